The van der Waals surface area contributed by atoms with Crippen LogP contribution < -0.4 is 10.5 Å². The van der Waals surface area contributed by atoms with E-state index in [1.54, 1.807) is 11.0 Å². The normalized spacial score (nSPS) is 21.5. The van der Waals surface area contributed by atoms with Gasteiger partial charge in [-0.1, -0.05) is 6.07 Å². The summed E-state index contributed by atoms with van der Waals surface area (Å²) in [7, 11) is 0. The van der Waals surface area contributed by atoms with Crippen LogP contribution in [0.4, 0.5) is 19.0 Å². The fourth-order valence-electron chi connectivity index (χ4n) is 5.04. The van der Waals surface area contributed by atoms with Gasteiger partial charge in [0.25, 0.3) is 5.91 Å². The quantitative estimate of drug-likeness (QED) is 0.595. The maximum absolute atomic E-state index is 13.5. The van der Waals surface area contributed by atoms with Crippen molar-refractivity contribution in [3.63, 3.8) is 0 Å². The fraction of sp³-hybridized carbons (Fsp3) is 0.348. The van der Waals surface area contributed by atoms with E-state index in [0.717, 1.165) is 28.6 Å². The van der Waals surface area contributed by atoms with E-state index in [-0.39, 0.29) is 23.5 Å². The molecule has 0 spiro atoms. The molecule has 0 radical (unpaired) electrons. The van der Waals surface area contributed by atoms with Crippen molar-refractivity contribution in [3.05, 3.63) is 58.4 Å². The van der Waals surface area contributed by atoms with E-state index in [4.69, 9.17) is 15.2 Å². The van der Waals surface area contributed by atoms with Gasteiger partial charge in [0.2, 0.25) is 0 Å². The minimum Gasteiger partial charge on any atom is -0.488 e. The summed E-state index contributed by atoms with van der Waals surface area (Å²) in [5.74, 6) is 0.278. The Morgan fingerprint density at radius 3 is 2.82 bits per heavy atom. The summed E-state index contributed by atoms with van der Waals surface area (Å²) in [6, 6.07) is 4.71. The average molecular weight is 456 g/mol. The van der Waals surface area contributed by atoms with Crippen LogP contribution in [0.25, 0.3) is 10.9 Å². The van der Waals surface area contributed by atoms with Crippen LogP contribution >= 0.6 is 0 Å². The Balaban J connectivity index is 1.38. The van der Waals surface area contributed by atoms with Gasteiger partial charge in [-0.15, -0.1) is 0 Å². The number of carbonyl (C=O) groups is 1. The van der Waals surface area contributed by atoms with Gasteiger partial charge >= 0.3 is 6.18 Å². The molecule has 6 rings (SSSR count). The SMILES string of the molecule is Nc1nc2cnc(C(=O)N3CCCC4Oc5cc(C(F)(F)F)ccc5C43)cc2c2c1COC2. The van der Waals surface area contributed by atoms with Crippen LogP contribution in [0.1, 0.15) is 51.6 Å². The highest BCUT2D eigenvalue weighted by atomic mass is 19.4. The second kappa shape index (κ2) is 7.05. The number of fused-ring (bicyclic) bond motifs is 6. The summed E-state index contributed by atoms with van der Waals surface area (Å²) in [6.07, 6.45) is -1.99. The Labute approximate surface area is 186 Å². The first-order valence-electron chi connectivity index (χ1n) is 10.6. The molecule has 3 aliphatic heterocycles. The molecule has 2 atom stereocenters. The third kappa shape index (κ3) is 3.12. The number of hydrogen-bond acceptors (Lipinski definition) is 6. The van der Waals surface area contributed by atoms with E-state index in [2.05, 4.69) is 9.97 Å². The number of piperidine rings is 1. The Morgan fingerprint density at radius 2 is 2.00 bits per heavy atom. The summed E-state index contributed by atoms with van der Waals surface area (Å²) < 4.78 is 50.8. The molecule has 170 valence electrons. The Morgan fingerprint density at radius 1 is 1.18 bits per heavy atom. The van der Waals surface area contributed by atoms with Gasteiger partial charge in [0.05, 0.1) is 36.5 Å². The van der Waals surface area contributed by atoms with Crippen molar-refractivity contribution in [2.75, 3.05) is 12.3 Å². The summed E-state index contributed by atoms with van der Waals surface area (Å²) in [4.78, 5) is 23.9. The van der Waals surface area contributed by atoms with E-state index in [9.17, 15) is 18.0 Å². The number of aromatic nitrogens is 2. The summed E-state index contributed by atoms with van der Waals surface area (Å²) >= 11 is 0. The number of benzene rings is 1. The van der Waals surface area contributed by atoms with Crippen molar-refractivity contribution < 1.29 is 27.4 Å². The molecule has 3 aliphatic rings. The van der Waals surface area contributed by atoms with Crippen molar-refractivity contribution in [2.24, 2.45) is 0 Å². The lowest BCUT2D eigenvalue weighted by Crippen LogP contribution is -2.44. The molecule has 0 aliphatic carbocycles. The first-order valence-corrected chi connectivity index (χ1v) is 10.6. The molecule has 5 heterocycles. The zero-order valence-electron chi connectivity index (χ0n) is 17.4. The third-order valence-electron chi connectivity index (χ3n) is 6.61. The average Bonchev–Trinajstić information content (AvgIpc) is 3.43. The Hall–Kier alpha value is -3.40. The van der Waals surface area contributed by atoms with E-state index in [0.29, 0.717) is 49.5 Å². The highest BCUT2D eigenvalue weighted by Crippen LogP contribution is 2.46. The van der Waals surface area contributed by atoms with E-state index in [1.807, 2.05) is 0 Å². The Bertz CT molecular complexity index is 1310. The van der Waals surface area contributed by atoms with E-state index in [1.165, 1.54) is 12.3 Å². The molecule has 3 aromatic rings. The van der Waals surface area contributed by atoms with Gasteiger partial charge in [0.15, 0.2) is 0 Å². The number of nitrogens with two attached hydrogens (primary N) is 1. The number of nitrogen functional groups attached to an aromatic ring is 1. The molecule has 2 N–H and O–H groups in total. The van der Waals surface area contributed by atoms with E-state index < -0.39 is 17.8 Å². The first-order chi connectivity index (χ1) is 15.8. The van der Waals surface area contributed by atoms with Crippen LogP contribution in [0.15, 0.2) is 30.5 Å². The van der Waals surface area contributed by atoms with Crippen molar-refractivity contribution in [3.8, 4) is 5.75 Å². The predicted octanol–water partition coefficient (Wildman–Crippen LogP) is 4.00. The molecule has 10 heteroatoms. The summed E-state index contributed by atoms with van der Waals surface area (Å²) in [5.41, 5.74) is 8.38. The monoisotopic (exact) mass is 456 g/mol. The number of anilines is 1. The number of hydrogen-bond donors (Lipinski definition) is 1. The van der Waals surface area contributed by atoms with Gasteiger partial charge in [-0.2, -0.15) is 13.2 Å². The van der Waals surface area contributed by atoms with Crippen molar-refractivity contribution in [1.29, 1.82) is 0 Å². The van der Waals surface area contributed by atoms with Crippen molar-refractivity contribution in [2.45, 2.75) is 44.4 Å². The second-order valence-corrected chi connectivity index (χ2v) is 8.53. The molecular weight excluding hydrogens is 437 g/mol. The standard InChI is InChI=1S/C23H19F3N4O3/c24-23(25,26)11-3-4-12-19(6-11)33-18-2-1-5-30(20(12)18)22(31)16-7-13-14-9-32-10-15(14)21(27)29-17(13)8-28-16/h3-4,6-8,18,20H,1-2,5,9-10H2,(H2,27,29). The number of carbonyl (C=O) groups excluding carboxylic acids is 1. The minimum atomic E-state index is -4.46. The molecule has 1 saturated heterocycles. The lowest BCUT2D eigenvalue weighted by atomic mass is 9.93. The number of likely N-dealkylation sites (tertiary alicyclic amines) is 1. The number of halogens is 3. The number of amides is 1. The number of alkyl halides is 3. The molecule has 0 saturated carbocycles. The molecule has 0 bridgehead atoms. The van der Waals surface area contributed by atoms with Crippen molar-refractivity contribution >= 4 is 22.6 Å². The summed E-state index contributed by atoms with van der Waals surface area (Å²) in [5, 5.41) is 0.765. The summed E-state index contributed by atoms with van der Waals surface area (Å²) in [6.45, 7) is 1.22. The van der Waals surface area contributed by atoms with Crippen LogP contribution in [0.2, 0.25) is 0 Å². The lowest BCUT2D eigenvalue weighted by molar-refractivity contribution is -0.137. The smallest absolute Gasteiger partial charge is 0.416 e. The number of ether oxygens (including phenoxy) is 2. The maximum atomic E-state index is 13.5. The van der Waals surface area contributed by atoms with Gasteiger partial charge in [-0.05, 0) is 36.6 Å². The van der Waals surface area contributed by atoms with Gasteiger partial charge in [0.1, 0.15) is 23.4 Å². The molecule has 2 unspecified atom stereocenters. The highest BCUT2D eigenvalue weighted by molar-refractivity contribution is 5.97. The largest absolute Gasteiger partial charge is 0.488 e. The predicted molar refractivity (Wildman–Crippen MR) is 111 cm³/mol. The second-order valence-electron chi connectivity index (χ2n) is 8.53. The van der Waals surface area contributed by atoms with Crippen LogP contribution in [0, 0.1) is 0 Å². The third-order valence-corrected chi connectivity index (χ3v) is 6.61. The van der Waals surface area contributed by atoms with Gasteiger partial charge in [0, 0.05) is 23.1 Å². The van der Waals surface area contributed by atoms with Crippen LogP contribution in [-0.4, -0.2) is 33.4 Å². The maximum Gasteiger partial charge on any atom is 0.416 e. The number of pyridine rings is 2. The Kier molecular flexibility index (Phi) is 4.32. The topological polar surface area (TPSA) is 90.6 Å². The van der Waals surface area contributed by atoms with Gasteiger partial charge in [-0.25, -0.2) is 9.97 Å². The molecular formula is C23H19F3N4O3. The number of nitrogens with zero attached hydrogens (tertiary/aromatic N) is 3. The van der Waals surface area contributed by atoms with Crippen LogP contribution in [0.5, 0.6) is 5.75 Å². The van der Waals surface area contributed by atoms with Gasteiger partial charge in [-0.3, -0.25) is 4.79 Å². The lowest BCUT2D eigenvalue weighted by Gasteiger charge is -2.36. The molecule has 1 fully saturated rings. The molecule has 2 aromatic heterocycles. The van der Waals surface area contributed by atoms with Crippen LogP contribution in [0.3, 0.4) is 0 Å². The zero-order valence-corrected chi connectivity index (χ0v) is 17.4. The molecule has 33 heavy (non-hydrogen) atoms. The van der Waals surface area contributed by atoms with Crippen molar-refractivity contribution in [1.82, 2.24) is 14.9 Å². The zero-order chi connectivity index (χ0) is 22.9. The fourth-order valence-corrected chi connectivity index (χ4v) is 5.04. The van der Waals surface area contributed by atoms with Crippen LogP contribution in [-0.2, 0) is 24.1 Å². The first kappa shape index (κ1) is 20.2. The molecule has 1 aromatic carbocycles. The molecule has 7 nitrogen and oxygen atoms in total. The minimum absolute atomic E-state index is 0.181. The van der Waals surface area contributed by atoms with E-state index >= 15 is 0 Å². The van der Waals surface area contributed by atoms with Gasteiger partial charge < -0.3 is 20.1 Å². The highest BCUT2D eigenvalue weighted by Gasteiger charge is 2.44. The molecule has 1 amide bonds. The number of rotatable bonds is 1.